The molecule has 2 atom stereocenters. The van der Waals surface area contributed by atoms with Gasteiger partial charge in [-0.3, -0.25) is 4.98 Å². The van der Waals surface area contributed by atoms with Gasteiger partial charge in [-0.2, -0.15) is 0 Å². The molecule has 1 heteroatoms. The fourth-order valence-electron chi connectivity index (χ4n) is 1.43. The van der Waals surface area contributed by atoms with Crippen molar-refractivity contribution in [1.82, 2.24) is 4.98 Å². The SMILES string of the molecule is Cc1ccc(C2C[C@@H]2C)nc1. The maximum Gasteiger partial charge on any atom is 0.0437 e. The summed E-state index contributed by atoms with van der Waals surface area (Å²) in [6, 6.07) is 4.30. The molecule has 1 aromatic heterocycles. The maximum atomic E-state index is 4.39. The average Bonchev–Trinajstić information content (AvgIpc) is 2.69. The second kappa shape index (κ2) is 2.33. The van der Waals surface area contributed by atoms with Crippen molar-refractivity contribution in [2.24, 2.45) is 5.92 Å². The predicted octanol–water partition coefficient (Wildman–Crippen LogP) is 2.51. The van der Waals surface area contributed by atoms with E-state index in [0.717, 1.165) is 11.8 Å². The number of nitrogens with zero attached hydrogens (tertiary/aromatic N) is 1. The van der Waals surface area contributed by atoms with E-state index in [1.54, 1.807) is 0 Å². The van der Waals surface area contributed by atoms with Gasteiger partial charge in [0.05, 0.1) is 0 Å². The number of pyridine rings is 1. The molecule has 1 aliphatic carbocycles. The average molecular weight is 147 g/mol. The summed E-state index contributed by atoms with van der Waals surface area (Å²) in [4.78, 5) is 4.39. The van der Waals surface area contributed by atoms with Gasteiger partial charge in [0.2, 0.25) is 0 Å². The Kier molecular flexibility index (Phi) is 1.45. The van der Waals surface area contributed by atoms with Crippen LogP contribution in [0.4, 0.5) is 0 Å². The molecular weight excluding hydrogens is 134 g/mol. The highest BCUT2D eigenvalue weighted by molar-refractivity contribution is 5.20. The van der Waals surface area contributed by atoms with Gasteiger partial charge in [0.1, 0.15) is 0 Å². The van der Waals surface area contributed by atoms with Gasteiger partial charge in [-0.05, 0) is 30.9 Å². The zero-order valence-corrected chi connectivity index (χ0v) is 7.04. The van der Waals surface area contributed by atoms with E-state index in [1.807, 2.05) is 6.20 Å². The van der Waals surface area contributed by atoms with Crippen molar-refractivity contribution in [2.75, 3.05) is 0 Å². The highest BCUT2D eigenvalue weighted by Crippen LogP contribution is 2.45. The van der Waals surface area contributed by atoms with Gasteiger partial charge in [-0.15, -0.1) is 0 Å². The Hall–Kier alpha value is -0.850. The number of hydrogen-bond donors (Lipinski definition) is 0. The van der Waals surface area contributed by atoms with Crippen molar-refractivity contribution in [3.05, 3.63) is 29.6 Å². The zero-order chi connectivity index (χ0) is 7.84. The molecule has 0 amide bonds. The lowest BCUT2D eigenvalue weighted by molar-refractivity contribution is 0.883. The van der Waals surface area contributed by atoms with Crippen molar-refractivity contribution in [1.29, 1.82) is 0 Å². The molecule has 58 valence electrons. The molecule has 0 aliphatic heterocycles. The van der Waals surface area contributed by atoms with Crippen molar-refractivity contribution in [3.8, 4) is 0 Å². The molecule has 1 unspecified atom stereocenters. The first-order valence-corrected chi connectivity index (χ1v) is 4.20. The second-order valence-electron chi connectivity index (χ2n) is 3.58. The predicted molar refractivity (Wildman–Crippen MR) is 45.5 cm³/mol. The minimum atomic E-state index is 0.760. The van der Waals surface area contributed by atoms with Gasteiger partial charge >= 0.3 is 0 Å². The van der Waals surface area contributed by atoms with E-state index < -0.39 is 0 Å². The van der Waals surface area contributed by atoms with Crippen LogP contribution in [0.5, 0.6) is 0 Å². The Morgan fingerprint density at radius 2 is 2.18 bits per heavy atom. The normalized spacial score (nSPS) is 28.5. The topological polar surface area (TPSA) is 12.9 Å². The quantitative estimate of drug-likeness (QED) is 0.594. The standard InChI is InChI=1S/C10H13N/c1-7-3-4-10(11-6-7)9-5-8(9)2/h3-4,6,8-9H,5H2,1-2H3/t8-,9?/m0/s1. The number of rotatable bonds is 1. The van der Waals surface area contributed by atoms with E-state index in [-0.39, 0.29) is 0 Å². The van der Waals surface area contributed by atoms with Crippen molar-refractivity contribution >= 4 is 0 Å². The van der Waals surface area contributed by atoms with E-state index in [4.69, 9.17) is 0 Å². The molecule has 0 N–H and O–H groups in total. The van der Waals surface area contributed by atoms with Crippen LogP contribution in [0.1, 0.15) is 30.5 Å². The second-order valence-corrected chi connectivity index (χ2v) is 3.58. The van der Waals surface area contributed by atoms with Crippen molar-refractivity contribution in [2.45, 2.75) is 26.2 Å². The van der Waals surface area contributed by atoms with Crippen LogP contribution >= 0.6 is 0 Å². The molecule has 11 heavy (non-hydrogen) atoms. The molecule has 2 rings (SSSR count). The lowest BCUT2D eigenvalue weighted by Crippen LogP contribution is -1.86. The molecule has 1 saturated carbocycles. The summed E-state index contributed by atoms with van der Waals surface area (Å²) in [5.41, 5.74) is 2.53. The fraction of sp³-hybridized carbons (Fsp3) is 0.500. The van der Waals surface area contributed by atoms with Gasteiger partial charge in [-0.1, -0.05) is 13.0 Å². The molecule has 0 aromatic carbocycles. The third-order valence-electron chi connectivity index (χ3n) is 2.42. The summed E-state index contributed by atoms with van der Waals surface area (Å²) in [5.74, 6) is 1.63. The maximum absolute atomic E-state index is 4.39. The van der Waals surface area contributed by atoms with Crippen molar-refractivity contribution < 1.29 is 0 Å². The Bertz CT molecular complexity index is 250. The van der Waals surface area contributed by atoms with Gasteiger partial charge in [0.15, 0.2) is 0 Å². The van der Waals surface area contributed by atoms with E-state index in [2.05, 4.69) is 31.0 Å². The van der Waals surface area contributed by atoms with Crippen molar-refractivity contribution in [3.63, 3.8) is 0 Å². The molecule has 1 nitrogen and oxygen atoms in total. The van der Waals surface area contributed by atoms with E-state index in [1.165, 1.54) is 17.7 Å². The first-order valence-electron chi connectivity index (χ1n) is 4.20. The Morgan fingerprint density at radius 1 is 1.45 bits per heavy atom. The molecule has 1 fully saturated rings. The summed E-state index contributed by atoms with van der Waals surface area (Å²) in [6.07, 6.45) is 3.29. The molecule has 0 saturated heterocycles. The molecule has 0 spiro atoms. The number of aryl methyl sites for hydroxylation is 1. The molecular formula is C10H13N. The molecule has 0 radical (unpaired) electrons. The minimum absolute atomic E-state index is 0.760. The van der Waals surface area contributed by atoms with Crippen LogP contribution in [0.2, 0.25) is 0 Å². The Labute approximate surface area is 67.5 Å². The Balaban J connectivity index is 2.21. The minimum Gasteiger partial charge on any atom is -0.261 e. The van der Waals surface area contributed by atoms with Crippen LogP contribution in [0, 0.1) is 12.8 Å². The van der Waals surface area contributed by atoms with E-state index in [9.17, 15) is 0 Å². The van der Waals surface area contributed by atoms with Crippen LogP contribution in [-0.2, 0) is 0 Å². The van der Waals surface area contributed by atoms with Crippen LogP contribution in [0.25, 0.3) is 0 Å². The van der Waals surface area contributed by atoms with E-state index >= 15 is 0 Å². The highest BCUT2D eigenvalue weighted by Gasteiger charge is 2.34. The van der Waals surface area contributed by atoms with E-state index in [0.29, 0.717) is 0 Å². The molecule has 1 heterocycles. The van der Waals surface area contributed by atoms with Gasteiger partial charge in [0.25, 0.3) is 0 Å². The lowest BCUT2D eigenvalue weighted by atomic mass is 10.2. The number of hydrogen-bond acceptors (Lipinski definition) is 1. The lowest BCUT2D eigenvalue weighted by Gasteiger charge is -1.96. The fourth-order valence-corrected chi connectivity index (χ4v) is 1.43. The van der Waals surface area contributed by atoms with Crippen LogP contribution in [0.3, 0.4) is 0 Å². The van der Waals surface area contributed by atoms with Crippen LogP contribution in [-0.4, -0.2) is 4.98 Å². The first kappa shape index (κ1) is 6.84. The summed E-state index contributed by atoms with van der Waals surface area (Å²) in [5, 5.41) is 0. The molecule has 1 aliphatic rings. The summed E-state index contributed by atoms with van der Waals surface area (Å²) in [6.45, 7) is 4.36. The number of aromatic nitrogens is 1. The zero-order valence-electron chi connectivity index (χ0n) is 7.04. The monoisotopic (exact) mass is 147 g/mol. The van der Waals surface area contributed by atoms with Crippen LogP contribution < -0.4 is 0 Å². The summed E-state index contributed by atoms with van der Waals surface area (Å²) >= 11 is 0. The third kappa shape index (κ3) is 1.28. The molecule has 0 bridgehead atoms. The summed E-state index contributed by atoms with van der Waals surface area (Å²) in [7, 11) is 0. The smallest absolute Gasteiger partial charge is 0.0437 e. The van der Waals surface area contributed by atoms with Crippen LogP contribution in [0.15, 0.2) is 18.3 Å². The third-order valence-corrected chi connectivity index (χ3v) is 2.42. The van der Waals surface area contributed by atoms with Gasteiger partial charge < -0.3 is 0 Å². The van der Waals surface area contributed by atoms with Gasteiger partial charge in [-0.25, -0.2) is 0 Å². The largest absolute Gasteiger partial charge is 0.261 e. The first-order chi connectivity index (χ1) is 5.27. The summed E-state index contributed by atoms with van der Waals surface area (Å²) < 4.78 is 0. The Morgan fingerprint density at radius 3 is 2.64 bits per heavy atom. The molecule has 1 aromatic rings. The highest BCUT2D eigenvalue weighted by atomic mass is 14.7. The van der Waals surface area contributed by atoms with Gasteiger partial charge in [0, 0.05) is 17.8 Å².